The molecule has 0 amide bonds. The van der Waals surface area contributed by atoms with Gasteiger partial charge < -0.3 is 15.0 Å². The van der Waals surface area contributed by atoms with E-state index in [4.69, 9.17) is 4.74 Å². The van der Waals surface area contributed by atoms with Gasteiger partial charge in [-0.25, -0.2) is 13.8 Å². The molecule has 0 unspecified atom stereocenters. The van der Waals surface area contributed by atoms with Crippen molar-refractivity contribution in [3.8, 4) is 0 Å². The minimum atomic E-state index is -0.663. The molecule has 4 nitrogen and oxygen atoms in total. The van der Waals surface area contributed by atoms with Crippen molar-refractivity contribution in [2.24, 2.45) is 0 Å². The van der Waals surface area contributed by atoms with Crippen LogP contribution < -0.4 is 10.2 Å². The monoisotopic (exact) mass is 271 g/mol. The second-order valence-corrected chi connectivity index (χ2v) is 4.61. The van der Waals surface area contributed by atoms with Crippen molar-refractivity contribution in [2.45, 2.75) is 25.8 Å². The molecular weight excluding hydrogens is 252 g/mol. The van der Waals surface area contributed by atoms with Crippen molar-refractivity contribution in [3.05, 3.63) is 17.7 Å². The average Bonchev–Trinajstić information content (AvgIpc) is 2.42. The van der Waals surface area contributed by atoms with Crippen LogP contribution in [0.15, 0.2) is 6.07 Å². The summed E-state index contributed by atoms with van der Waals surface area (Å²) < 4.78 is 32.7. The SMILES string of the molecule is CCNc1nc(N(C)C2CCOCC2)c(F)cc1F. The van der Waals surface area contributed by atoms with E-state index in [9.17, 15) is 8.78 Å². The van der Waals surface area contributed by atoms with Crippen LogP contribution in [0.3, 0.4) is 0 Å². The van der Waals surface area contributed by atoms with Crippen LogP contribution in [0, 0.1) is 11.6 Å². The minimum Gasteiger partial charge on any atom is -0.381 e. The Balaban J connectivity index is 2.24. The first-order chi connectivity index (χ1) is 9.13. The van der Waals surface area contributed by atoms with Crippen molar-refractivity contribution in [3.63, 3.8) is 0 Å². The lowest BCUT2D eigenvalue weighted by Gasteiger charge is -2.32. The summed E-state index contributed by atoms with van der Waals surface area (Å²) in [5.74, 6) is -1.02. The first-order valence-electron chi connectivity index (χ1n) is 6.54. The maximum atomic E-state index is 13.9. The summed E-state index contributed by atoms with van der Waals surface area (Å²) in [6.07, 6.45) is 1.65. The third-order valence-electron chi connectivity index (χ3n) is 3.33. The molecular formula is C13H19F2N3O. The van der Waals surface area contributed by atoms with Crippen molar-refractivity contribution in [1.82, 2.24) is 4.98 Å². The Morgan fingerprint density at radius 3 is 2.68 bits per heavy atom. The van der Waals surface area contributed by atoms with Gasteiger partial charge in [0.2, 0.25) is 0 Å². The van der Waals surface area contributed by atoms with Gasteiger partial charge in [-0.2, -0.15) is 0 Å². The van der Waals surface area contributed by atoms with E-state index in [1.54, 1.807) is 11.9 Å². The number of hydrogen-bond donors (Lipinski definition) is 1. The highest BCUT2D eigenvalue weighted by Crippen LogP contribution is 2.25. The summed E-state index contributed by atoms with van der Waals surface area (Å²) in [6, 6.07) is 1.06. The van der Waals surface area contributed by atoms with Gasteiger partial charge in [-0.1, -0.05) is 0 Å². The van der Waals surface area contributed by atoms with Crippen LogP contribution in [-0.4, -0.2) is 37.8 Å². The predicted molar refractivity (Wildman–Crippen MR) is 70.6 cm³/mol. The fourth-order valence-corrected chi connectivity index (χ4v) is 2.24. The van der Waals surface area contributed by atoms with Crippen LogP contribution in [0.2, 0.25) is 0 Å². The molecule has 2 rings (SSSR count). The molecule has 6 heteroatoms. The fourth-order valence-electron chi connectivity index (χ4n) is 2.24. The smallest absolute Gasteiger partial charge is 0.168 e. The topological polar surface area (TPSA) is 37.4 Å². The standard InChI is InChI=1S/C13H19F2N3O/c1-3-16-12-10(14)8-11(15)13(17-12)18(2)9-4-6-19-7-5-9/h8-9H,3-7H2,1-2H3,(H,16,17). The summed E-state index contributed by atoms with van der Waals surface area (Å²) in [6.45, 7) is 3.71. The Morgan fingerprint density at radius 2 is 2.05 bits per heavy atom. The summed E-state index contributed by atoms with van der Waals surface area (Å²) in [5, 5.41) is 2.80. The molecule has 0 spiro atoms. The number of halogens is 2. The van der Waals surface area contributed by atoms with Crippen LogP contribution in [-0.2, 0) is 4.74 Å². The van der Waals surface area contributed by atoms with Crippen molar-refractivity contribution in [2.75, 3.05) is 37.0 Å². The first kappa shape index (κ1) is 14.0. The second kappa shape index (κ2) is 6.14. The van der Waals surface area contributed by atoms with Gasteiger partial charge in [-0.15, -0.1) is 0 Å². The molecule has 1 N–H and O–H groups in total. The molecule has 0 atom stereocenters. The quantitative estimate of drug-likeness (QED) is 0.912. The zero-order valence-corrected chi connectivity index (χ0v) is 11.2. The van der Waals surface area contributed by atoms with E-state index in [2.05, 4.69) is 10.3 Å². The van der Waals surface area contributed by atoms with Crippen LogP contribution >= 0.6 is 0 Å². The number of ether oxygens (including phenoxy) is 1. The van der Waals surface area contributed by atoms with Crippen LogP contribution in [0.1, 0.15) is 19.8 Å². The molecule has 2 heterocycles. The molecule has 19 heavy (non-hydrogen) atoms. The van der Waals surface area contributed by atoms with E-state index < -0.39 is 11.6 Å². The van der Waals surface area contributed by atoms with Crippen LogP contribution in [0.25, 0.3) is 0 Å². The molecule has 1 aromatic rings. The Kier molecular flexibility index (Phi) is 4.52. The number of anilines is 2. The molecule has 0 aromatic carbocycles. The molecule has 0 bridgehead atoms. The Labute approximate surface area is 111 Å². The summed E-state index contributed by atoms with van der Waals surface area (Å²) in [4.78, 5) is 5.84. The van der Waals surface area contributed by atoms with Gasteiger partial charge in [0.05, 0.1) is 0 Å². The number of nitrogens with one attached hydrogen (secondary N) is 1. The molecule has 106 valence electrons. The average molecular weight is 271 g/mol. The Morgan fingerprint density at radius 1 is 1.37 bits per heavy atom. The van der Waals surface area contributed by atoms with Gasteiger partial charge in [0.1, 0.15) is 0 Å². The number of hydrogen-bond acceptors (Lipinski definition) is 4. The minimum absolute atomic E-state index is 0.0952. The molecule has 1 aromatic heterocycles. The molecule has 0 saturated carbocycles. The highest BCUT2D eigenvalue weighted by atomic mass is 19.1. The first-order valence-corrected chi connectivity index (χ1v) is 6.54. The van der Waals surface area contributed by atoms with E-state index in [1.807, 2.05) is 6.92 Å². The maximum absolute atomic E-state index is 13.9. The zero-order chi connectivity index (χ0) is 13.8. The largest absolute Gasteiger partial charge is 0.381 e. The lowest BCUT2D eigenvalue weighted by molar-refractivity contribution is 0.0852. The number of nitrogens with zero attached hydrogens (tertiary/aromatic N) is 2. The van der Waals surface area contributed by atoms with Gasteiger partial charge in [0.25, 0.3) is 0 Å². The number of aromatic nitrogens is 1. The van der Waals surface area contributed by atoms with E-state index in [0.717, 1.165) is 18.9 Å². The van der Waals surface area contributed by atoms with Crippen molar-refractivity contribution < 1.29 is 13.5 Å². The van der Waals surface area contributed by atoms with E-state index in [1.165, 1.54) is 0 Å². The highest BCUT2D eigenvalue weighted by molar-refractivity contribution is 5.49. The van der Waals surface area contributed by atoms with Crippen LogP contribution in [0.5, 0.6) is 0 Å². The Hall–Kier alpha value is -1.43. The summed E-state index contributed by atoms with van der Waals surface area (Å²) in [7, 11) is 1.79. The number of rotatable bonds is 4. The maximum Gasteiger partial charge on any atom is 0.168 e. The van der Waals surface area contributed by atoms with Gasteiger partial charge in [0, 0.05) is 38.9 Å². The molecule has 1 fully saturated rings. The lowest BCUT2D eigenvalue weighted by atomic mass is 10.1. The van der Waals surface area contributed by atoms with Gasteiger partial charge >= 0.3 is 0 Å². The normalized spacial score (nSPS) is 16.4. The molecule has 0 aliphatic carbocycles. The molecule has 0 radical (unpaired) electrons. The second-order valence-electron chi connectivity index (χ2n) is 4.61. The van der Waals surface area contributed by atoms with Crippen molar-refractivity contribution >= 4 is 11.6 Å². The lowest BCUT2D eigenvalue weighted by Crippen LogP contribution is -2.37. The van der Waals surface area contributed by atoms with E-state index in [0.29, 0.717) is 19.8 Å². The van der Waals surface area contributed by atoms with Crippen LogP contribution in [0.4, 0.5) is 20.4 Å². The van der Waals surface area contributed by atoms with E-state index >= 15 is 0 Å². The summed E-state index contributed by atoms with van der Waals surface area (Å²) in [5.41, 5.74) is 0. The zero-order valence-electron chi connectivity index (χ0n) is 11.2. The molecule has 1 saturated heterocycles. The third kappa shape index (κ3) is 3.12. The molecule has 1 aliphatic heterocycles. The van der Waals surface area contributed by atoms with Gasteiger partial charge in [-0.3, -0.25) is 0 Å². The third-order valence-corrected chi connectivity index (χ3v) is 3.33. The van der Waals surface area contributed by atoms with E-state index in [-0.39, 0.29) is 17.7 Å². The summed E-state index contributed by atoms with van der Waals surface area (Å²) >= 11 is 0. The molecule has 1 aliphatic rings. The predicted octanol–water partition coefficient (Wildman–Crippen LogP) is 2.41. The highest BCUT2D eigenvalue weighted by Gasteiger charge is 2.23. The fraction of sp³-hybridized carbons (Fsp3) is 0.615. The Bertz CT molecular complexity index is 436. The van der Waals surface area contributed by atoms with Gasteiger partial charge in [0.15, 0.2) is 23.3 Å². The van der Waals surface area contributed by atoms with Gasteiger partial charge in [-0.05, 0) is 19.8 Å². The number of pyridine rings is 1. The van der Waals surface area contributed by atoms with Crippen molar-refractivity contribution in [1.29, 1.82) is 0 Å².